The SMILES string of the molecule is CCn1c2ccccc2c2cc(NC(=O)C(C)Sc3nc4c(cc3C#N)CCCCC4)ccc21. The molecule has 0 aliphatic heterocycles. The van der Waals surface area contributed by atoms with Gasteiger partial charge in [-0.15, -0.1) is 0 Å². The number of nitrogens with zero attached hydrogens (tertiary/aromatic N) is 3. The molecule has 1 aliphatic carbocycles. The third-order valence-corrected chi connectivity index (χ3v) is 7.75. The van der Waals surface area contributed by atoms with Gasteiger partial charge in [0.2, 0.25) is 5.91 Å². The van der Waals surface area contributed by atoms with Gasteiger partial charge in [-0.3, -0.25) is 4.79 Å². The summed E-state index contributed by atoms with van der Waals surface area (Å²) >= 11 is 1.37. The first-order chi connectivity index (χ1) is 16.6. The average Bonchev–Trinajstić information content (AvgIpc) is 2.99. The smallest absolute Gasteiger partial charge is 0.237 e. The molecule has 0 spiro atoms. The van der Waals surface area contributed by atoms with Crippen molar-refractivity contribution in [2.45, 2.75) is 62.8 Å². The quantitative estimate of drug-likeness (QED) is 0.269. The van der Waals surface area contributed by atoms with E-state index < -0.39 is 0 Å². The number of nitrogens with one attached hydrogen (secondary N) is 1. The molecule has 5 nitrogen and oxygen atoms in total. The Balaban J connectivity index is 1.38. The fourth-order valence-electron chi connectivity index (χ4n) is 4.90. The van der Waals surface area contributed by atoms with Crippen molar-refractivity contribution in [3.8, 4) is 6.07 Å². The topological polar surface area (TPSA) is 70.7 Å². The number of benzene rings is 2. The zero-order chi connectivity index (χ0) is 23.7. The molecule has 4 aromatic rings. The summed E-state index contributed by atoms with van der Waals surface area (Å²) in [5, 5.41) is 15.4. The lowest BCUT2D eigenvalue weighted by Gasteiger charge is -2.14. The number of carbonyl (C=O) groups is 1. The van der Waals surface area contributed by atoms with Gasteiger partial charge in [-0.2, -0.15) is 5.26 Å². The minimum absolute atomic E-state index is 0.0933. The van der Waals surface area contributed by atoms with Gasteiger partial charge < -0.3 is 9.88 Å². The van der Waals surface area contributed by atoms with Gasteiger partial charge in [0.15, 0.2) is 0 Å². The van der Waals surface area contributed by atoms with Crippen molar-refractivity contribution in [2.75, 3.05) is 5.32 Å². The number of rotatable bonds is 5. The van der Waals surface area contributed by atoms with E-state index in [4.69, 9.17) is 4.98 Å². The van der Waals surface area contributed by atoms with Crippen LogP contribution in [0.5, 0.6) is 0 Å². The van der Waals surface area contributed by atoms with Gasteiger partial charge >= 0.3 is 0 Å². The van der Waals surface area contributed by atoms with Crippen molar-refractivity contribution >= 4 is 45.2 Å². The Kier molecular flexibility index (Phi) is 6.30. The van der Waals surface area contributed by atoms with Crippen molar-refractivity contribution < 1.29 is 4.79 Å². The first-order valence-electron chi connectivity index (χ1n) is 12.0. The van der Waals surface area contributed by atoms with Gasteiger partial charge in [-0.05, 0) is 75.4 Å². The molecule has 6 heteroatoms. The van der Waals surface area contributed by atoms with Gasteiger partial charge in [-0.25, -0.2) is 4.98 Å². The molecule has 0 bridgehead atoms. The monoisotopic (exact) mass is 468 g/mol. The summed E-state index contributed by atoms with van der Waals surface area (Å²) in [6.07, 6.45) is 5.39. The van der Waals surface area contributed by atoms with Crippen LogP contribution < -0.4 is 5.32 Å². The molecule has 34 heavy (non-hydrogen) atoms. The Labute approximate surface area is 204 Å². The van der Waals surface area contributed by atoms with Crippen LogP contribution in [0, 0.1) is 11.3 Å². The van der Waals surface area contributed by atoms with E-state index in [2.05, 4.69) is 53.2 Å². The zero-order valence-corrected chi connectivity index (χ0v) is 20.4. The fourth-order valence-corrected chi connectivity index (χ4v) is 5.79. The number of thioether (sulfide) groups is 1. The number of amides is 1. The molecular weight excluding hydrogens is 440 g/mol. The largest absolute Gasteiger partial charge is 0.341 e. The highest BCUT2D eigenvalue weighted by Crippen LogP contribution is 2.32. The highest BCUT2D eigenvalue weighted by atomic mass is 32.2. The summed E-state index contributed by atoms with van der Waals surface area (Å²) < 4.78 is 2.29. The number of hydrogen-bond donors (Lipinski definition) is 1. The molecule has 0 saturated carbocycles. The van der Waals surface area contributed by atoms with Crippen molar-refractivity contribution in [3.63, 3.8) is 0 Å². The second kappa shape index (κ2) is 9.52. The van der Waals surface area contributed by atoms with Crippen LogP contribution in [0.25, 0.3) is 21.8 Å². The maximum Gasteiger partial charge on any atom is 0.237 e. The van der Waals surface area contributed by atoms with Gasteiger partial charge in [-0.1, -0.05) is 36.4 Å². The van der Waals surface area contributed by atoms with E-state index in [1.807, 2.05) is 25.1 Å². The Bertz CT molecular complexity index is 1430. The van der Waals surface area contributed by atoms with Crippen LogP contribution in [0.15, 0.2) is 53.6 Å². The molecule has 0 saturated heterocycles. The molecule has 172 valence electrons. The number of aromatic nitrogens is 2. The van der Waals surface area contributed by atoms with E-state index >= 15 is 0 Å². The van der Waals surface area contributed by atoms with Crippen LogP contribution in [0.2, 0.25) is 0 Å². The maximum absolute atomic E-state index is 13.1. The average molecular weight is 469 g/mol. The molecule has 0 radical (unpaired) electrons. The fraction of sp³-hybridized carbons (Fsp3) is 0.321. The molecule has 2 aromatic heterocycles. The van der Waals surface area contributed by atoms with E-state index in [0.29, 0.717) is 10.6 Å². The Hall–Kier alpha value is -3.30. The second-order valence-electron chi connectivity index (χ2n) is 8.86. The summed E-state index contributed by atoms with van der Waals surface area (Å²) in [4.78, 5) is 17.9. The molecule has 2 heterocycles. The normalized spacial score (nSPS) is 14.4. The Morgan fingerprint density at radius 2 is 1.91 bits per heavy atom. The zero-order valence-electron chi connectivity index (χ0n) is 19.6. The molecule has 1 amide bonds. The van der Waals surface area contributed by atoms with Crippen LogP contribution in [-0.2, 0) is 24.2 Å². The Morgan fingerprint density at radius 1 is 1.12 bits per heavy atom. The summed E-state index contributed by atoms with van der Waals surface area (Å²) in [5.74, 6) is -0.0933. The minimum atomic E-state index is -0.379. The van der Waals surface area contributed by atoms with Crippen molar-refractivity contribution in [2.24, 2.45) is 0 Å². The van der Waals surface area contributed by atoms with E-state index in [9.17, 15) is 10.1 Å². The molecule has 5 rings (SSSR count). The van der Waals surface area contributed by atoms with Gasteiger partial charge in [0.1, 0.15) is 11.1 Å². The number of anilines is 1. The highest BCUT2D eigenvalue weighted by molar-refractivity contribution is 8.00. The van der Waals surface area contributed by atoms with Crippen molar-refractivity contribution in [1.29, 1.82) is 5.26 Å². The first kappa shape index (κ1) is 22.5. The van der Waals surface area contributed by atoms with E-state index in [1.54, 1.807) is 0 Å². The molecule has 0 fully saturated rings. The summed E-state index contributed by atoms with van der Waals surface area (Å²) in [6, 6.07) is 18.7. The minimum Gasteiger partial charge on any atom is -0.341 e. The lowest BCUT2D eigenvalue weighted by molar-refractivity contribution is -0.115. The lowest BCUT2D eigenvalue weighted by atomic mass is 10.1. The molecule has 1 N–H and O–H groups in total. The van der Waals surface area contributed by atoms with Crippen molar-refractivity contribution in [3.05, 3.63) is 65.4 Å². The standard InChI is InChI=1S/C28H28N4OS/c1-3-32-25-12-8-7-10-22(25)23-16-21(13-14-26(23)32)30-27(33)18(2)34-28-20(17-29)15-19-9-5-4-6-11-24(19)31-28/h7-8,10,12-16,18H,3-6,9,11H2,1-2H3,(H,30,33). The third kappa shape index (κ3) is 4.17. The highest BCUT2D eigenvalue weighted by Gasteiger charge is 2.21. The summed E-state index contributed by atoms with van der Waals surface area (Å²) in [7, 11) is 0. The van der Waals surface area contributed by atoms with Crippen LogP contribution >= 0.6 is 11.8 Å². The number of pyridine rings is 1. The van der Waals surface area contributed by atoms with E-state index in [0.717, 1.165) is 54.5 Å². The summed E-state index contributed by atoms with van der Waals surface area (Å²) in [5.41, 5.74) is 5.99. The molecule has 1 atom stereocenters. The number of carbonyl (C=O) groups excluding carboxylic acids is 1. The Morgan fingerprint density at radius 3 is 2.74 bits per heavy atom. The van der Waals surface area contributed by atoms with Crippen LogP contribution in [-0.4, -0.2) is 20.7 Å². The second-order valence-corrected chi connectivity index (χ2v) is 10.2. The lowest BCUT2D eigenvalue weighted by Crippen LogP contribution is -2.22. The first-order valence-corrected chi connectivity index (χ1v) is 12.9. The third-order valence-electron chi connectivity index (χ3n) is 6.65. The molecular formula is C28H28N4OS. The van der Waals surface area contributed by atoms with E-state index in [1.165, 1.54) is 34.6 Å². The van der Waals surface area contributed by atoms with Crippen LogP contribution in [0.4, 0.5) is 5.69 Å². The molecule has 1 unspecified atom stereocenters. The van der Waals surface area contributed by atoms with E-state index in [-0.39, 0.29) is 11.2 Å². The van der Waals surface area contributed by atoms with Crippen LogP contribution in [0.1, 0.15) is 49.9 Å². The van der Waals surface area contributed by atoms with Gasteiger partial charge in [0.05, 0.1) is 10.8 Å². The molecule has 1 aliphatic rings. The predicted molar refractivity (Wildman–Crippen MR) is 139 cm³/mol. The van der Waals surface area contributed by atoms with Crippen molar-refractivity contribution in [1.82, 2.24) is 9.55 Å². The maximum atomic E-state index is 13.1. The number of para-hydroxylation sites is 1. The molecule has 2 aromatic carbocycles. The van der Waals surface area contributed by atoms with Gasteiger partial charge in [0, 0.05) is 39.7 Å². The predicted octanol–water partition coefficient (Wildman–Crippen LogP) is 6.47. The number of hydrogen-bond acceptors (Lipinski definition) is 4. The summed E-state index contributed by atoms with van der Waals surface area (Å²) in [6.45, 7) is 4.90. The number of fused-ring (bicyclic) bond motifs is 4. The number of nitriles is 1. The van der Waals surface area contributed by atoms with Gasteiger partial charge in [0.25, 0.3) is 0 Å². The van der Waals surface area contributed by atoms with Crippen LogP contribution in [0.3, 0.4) is 0 Å². The number of aryl methyl sites for hydroxylation is 3.